The number of nitrogens with one attached hydrogen (secondary N) is 1. The SMILES string of the molecule is COc1ccc(-c2noc(CCC(=O)NC(C)(C)C)n2)cc1OC. The fourth-order valence-electron chi connectivity index (χ4n) is 2.15. The van der Waals surface area contributed by atoms with Crippen LogP contribution in [0.4, 0.5) is 0 Å². The van der Waals surface area contributed by atoms with Crippen molar-refractivity contribution in [3.63, 3.8) is 0 Å². The monoisotopic (exact) mass is 333 g/mol. The third-order valence-corrected chi connectivity index (χ3v) is 3.19. The topological polar surface area (TPSA) is 86.5 Å². The predicted octanol–water partition coefficient (Wildman–Crippen LogP) is 2.60. The number of carbonyl (C=O) groups excluding carboxylic acids is 1. The summed E-state index contributed by atoms with van der Waals surface area (Å²) in [7, 11) is 3.14. The van der Waals surface area contributed by atoms with Crippen LogP contribution in [-0.4, -0.2) is 35.8 Å². The smallest absolute Gasteiger partial charge is 0.227 e. The average Bonchev–Trinajstić information content (AvgIpc) is 2.99. The zero-order valence-electron chi connectivity index (χ0n) is 14.7. The maximum Gasteiger partial charge on any atom is 0.227 e. The molecule has 7 nitrogen and oxygen atoms in total. The molecule has 0 saturated heterocycles. The van der Waals surface area contributed by atoms with Crippen molar-refractivity contribution in [3.05, 3.63) is 24.1 Å². The van der Waals surface area contributed by atoms with Crippen LogP contribution in [0, 0.1) is 0 Å². The number of aromatic nitrogens is 2. The highest BCUT2D eigenvalue weighted by atomic mass is 16.5. The Morgan fingerprint density at radius 3 is 2.54 bits per heavy atom. The van der Waals surface area contributed by atoms with E-state index in [1.54, 1.807) is 26.4 Å². The molecule has 0 aliphatic heterocycles. The molecular formula is C17H23N3O4. The summed E-state index contributed by atoms with van der Waals surface area (Å²) in [6, 6.07) is 5.38. The Labute approximate surface area is 141 Å². The van der Waals surface area contributed by atoms with Gasteiger partial charge in [0.25, 0.3) is 0 Å². The number of hydrogen-bond donors (Lipinski definition) is 1. The van der Waals surface area contributed by atoms with E-state index >= 15 is 0 Å². The van der Waals surface area contributed by atoms with Crippen LogP contribution in [0.3, 0.4) is 0 Å². The van der Waals surface area contributed by atoms with Gasteiger partial charge in [-0.05, 0) is 39.0 Å². The molecule has 2 rings (SSSR count). The van der Waals surface area contributed by atoms with Crippen LogP contribution in [0.15, 0.2) is 22.7 Å². The second kappa shape index (κ2) is 7.33. The van der Waals surface area contributed by atoms with E-state index in [1.165, 1.54) is 0 Å². The van der Waals surface area contributed by atoms with E-state index in [0.717, 1.165) is 5.56 Å². The number of methoxy groups -OCH3 is 2. The standard InChI is InChI=1S/C17H23N3O4/c1-17(2,3)19-14(21)8-9-15-18-16(20-24-15)11-6-7-12(22-4)13(10-11)23-5/h6-7,10H,8-9H2,1-5H3,(H,19,21). The first-order valence-corrected chi connectivity index (χ1v) is 7.68. The van der Waals surface area contributed by atoms with Gasteiger partial charge in [0, 0.05) is 23.9 Å². The number of aryl methyl sites for hydroxylation is 1. The maximum absolute atomic E-state index is 11.8. The molecule has 7 heteroatoms. The van der Waals surface area contributed by atoms with E-state index in [2.05, 4.69) is 15.5 Å². The molecule has 0 fully saturated rings. The second-order valence-electron chi connectivity index (χ2n) is 6.38. The van der Waals surface area contributed by atoms with E-state index < -0.39 is 0 Å². The van der Waals surface area contributed by atoms with Crippen LogP contribution in [0.2, 0.25) is 0 Å². The molecule has 1 aromatic heterocycles. The highest BCUT2D eigenvalue weighted by molar-refractivity contribution is 5.76. The molecule has 1 heterocycles. The first-order chi connectivity index (χ1) is 11.3. The number of benzene rings is 1. The van der Waals surface area contributed by atoms with Crippen LogP contribution in [0.1, 0.15) is 33.1 Å². The Hall–Kier alpha value is -2.57. The first-order valence-electron chi connectivity index (χ1n) is 7.68. The van der Waals surface area contributed by atoms with Gasteiger partial charge in [0.1, 0.15) is 0 Å². The van der Waals surface area contributed by atoms with Crippen LogP contribution in [0.25, 0.3) is 11.4 Å². The maximum atomic E-state index is 11.8. The number of hydrogen-bond acceptors (Lipinski definition) is 6. The quantitative estimate of drug-likeness (QED) is 0.874. The molecule has 0 aliphatic rings. The molecule has 0 saturated carbocycles. The third-order valence-electron chi connectivity index (χ3n) is 3.19. The van der Waals surface area contributed by atoms with Crippen LogP contribution in [0.5, 0.6) is 11.5 Å². The van der Waals surface area contributed by atoms with Gasteiger partial charge < -0.3 is 19.3 Å². The fourth-order valence-corrected chi connectivity index (χ4v) is 2.15. The minimum atomic E-state index is -0.253. The van der Waals surface area contributed by atoms with Crippen LogP contribution < -0.4 is 14.8 Å². The number of rotatable bonds is 6. The summed E-state index contributed by atoms with van der Waals surface area (Å²) in [6.45, 7) is 5.81. The van der Waals surface area contributed by atoms with Gasteiger partial charge in [0.05, 0.1) is 14.2 Å². The van der Waals surface area contributed by atoms with Crippen molar-refractivity contribution < 1.29 is 18.8 Å². The first kappa shape index (κ1) is 17.8. The fraction of sp³-hybridized carbons (Fsp3) is 0.471. The van der Waals surface area contributed by atoms with E-state index in [0.29, 0.717) is 36.1 Å². The molecule has 1 amide bonds. The van der Waals surface area contributed by atoms with Gasteiger partial charge >= 0.3 is 0 Å². The van der Waals surface area contributed by atoms with Gasteiger partial charge in [-0.25, -0.2) is 0 Å². The summed E-state index contributed by atoms with van der Waals surface area (Å²) < 4.78 is 15.7. The van der Waals surface area contributed by atoms with Gasteiger partial charge in [-0.3, -0.25) is 4.79 Å². The van der Waals surface area contributed by atoms with Gasteiger partial charge in [-0.15, -0.1) is 0 Å². The van der Waals surface area contributed by atoms with E-state index in [4.69, 9.17) is 14.0 Å². The molecule has 1 aromatic carbocycles. The normalized spacial score (nSPS) is 11.2. The Kier molecular flexibility index (Phi) is 5.43. The molecule has 0 unspecified atom stereocenters. The van der Waals surface area contributed by atoms with Gasteiger partial charge in [0.2, 0.25) is 17.6 Å². The summed E-state index contributed by atoms with van der Waals surface area (Å²) in [5.74, 6) is 2.04. The van der Waals surface area contributed by atoms with Crippen molar-refractivity contribution >= 4 is 5.91 Å². The molecule has 24 heavy (non-hydrogen) atoms. The third kappa shape index (κ3) is 4.71. The average molecular weight is 333 g/mol. The second-order valence-corrected chi connectivity index (χ2v) is 6.38. The summed E-state index contributed by atoms with van der Waals surface area (Å²) in [6.07, 6.45) is 0.688. The summed E-state index contributed by atoms with van der Waals surface area (Å²) in [5.41, 5.74) is 0.498. The highest BCUT2D eigenvalue weighted by Gasteiger charge is 2.16. The summed E-state index contributed by atoms with van der Waals surface area (Å²) >= 11 is 0. The molecule has 0 spiro atoms. The van der Waals surface area contributed by atoms with E-state index in [-0.39, 0.29) is 11.4 Å². The molecular weight excluding hydrogens is 310 g/mol. The summed E-state index contributed by atoms with van der Waals surface area (Å²) in [5, 5.41) is 6.85. The summed E-state index contributed by atoms with van der Waals surface area (Å²) in [4.78, 5) is 16.2. The minimum Gasteiger partial charge on any atom is -0.493 e. The number of nitrogens with zero attached hydrogens (tertiary/aromatic N) is 2. The molecule has 0 radical (unpaired) electrons. The van der Waals surface area contributed by atoms with Gasteiger partial charge in [-0.1, -0.05) is 5.16 Å². The largest absolute Gasteiger partial charge is 0.493 e. The molecule has 1 N–H and O–H groups in total. The Morgan fingerprint density at radius 1 is 1.21 bits per heavy atom. The Bertz CT molecular complexity index is 704. The lowest BCUT2D eigenvalue weighted by Crippen LogP contribution is -2.40. The van der Waals surface area contributed by atoms with E-state index in [1.807, 2.05) is 26.8 Å². The molecule has 2 aromatic rings. The lowest BCUT2D eigenvalue weighted by Gasteiger charge is -2.20. The van der Waals surface area contributed by atoms with Crippen molar-refractivity contribution in [1.29, 1.82) is 0 Å². The molecule has 0 atom stereocenters. The van der Waals surface area contributed by atoms with Crippen molar-refractivity contribution in [2.24, 2.45) is 0 Å². The zero-order chi connectivity index (χ0) is 17.7. The molecule has 130 valence electrons. The van der Waals surface area contributed by atoms with Crippen LogP contribution >= 0.6 is 0 Å². The molecule has 0 aliphatic carbocycles. The zero-order valence-corrected chi connectivity index (χ0v) is 14.7. The lowest BCUT2D eigenvalue weighted by molar-refractivity contribution is -0.122. The number of carbonyl (C=O) groups is 1. The minimum absolute atomic E-state index is 0.0478. The Morgan fingerprint density at radius 2 is 1.92 bits per heavy atom. The highest BCUT2D eigenvalue weighted by Crippen LogP contribution is 2.31. The van der Waals surface area contributed by atoms with Crippen molar-refractivity contribution in [1.82, 2.24) is 15.5 Å². The predicted molar refractivity (Wildman–Crippen MR) is 89.1 cm³/mol. The van der Waals surface area contributed by atoms with Gasteiger partial charge in [-0.2, -0.15) is 4.98 Å². The van der Waals surface area contributed by atoms with Crippen molar-refractivity contribution in [3.8, 4) is 22.9 Å². The van der Waals surface area contributed by atoms with E-state index in [9.17, 15) is 4.79 Å². The van der Waals surface area contributed by atoms with Crippen LogP contribution in [-0.2, 0) is 11.2 Å². The van der Waals surface area contributed by atoms with Gasteiger partial charge in [0.15, 0.2) is 11.5 Å². The Balaban J connectivity index is 2.04. The van der Waals surface area contributed by atoms with Crippen molar-refractivity contribution in [2.45, 2.75) is 39.2 Å². The number of amides is 1. The molecule has 0 bridgehead atoms. The lowest BCUT2D eigenvalue weighted by atomic mass is 10.1. The van der Waals surface area contributed by atoms with Crippen molar-refractivity contribution in [2.75, 3.05) is 14.2 Å². The number of ether oxygens (including phenoxy) is 2.